The number of nitrogens with zero attached hydrogens (tertiary/aromatic N) is 3. The standard InChI is InChI=1S/C23H20F3N5O3S/c1-22(2)20(33)30(13-5-4-12(10-27)15(8-13)23(24,25)26)21(35)31(22)14-6-7-17-16(9-14)29-11-18(34-17)19(32)28-3/h4-9,18,29H,11H2,1-3H3,(H,28,32). The van der Waals surface area contributed by atoms with Gasteiger partial charge in [0, 0.05) is 12.7 Å². The first kappa shape index (κ1) is 24.3. The number of alkyl halides is 3. The summed E-state index contributed by atoms with van der Waals surface area (Å²) in [5, 5.41) is 14.7. The lowest BCUT2D eigenvalue weighted by Gasteiger charge is -2.32. The summed E-state index contributed by atoms with van der Waals surface area (Å²) in [7, 11) is 1.51. The Morgan fingerprint density at radius 3 is 2.57 bits per heavy atom. The zero-order valence-corrected chi connectivity index (χ0v) is 19.7. The van der Waals surface area contributed by atoms with Gasteiger partial charge in [-0.2, -0.15) is 18.4 Å². The first-order valence-electron chi connectivity index (χ1n) is 10.5. The van der Waals surface area contributed by atoms with Gasteiger partial charge in [-0.3, -0.25) is 14.5 Å². The van der Waals surface area contributed by atoms with E-state index in [4.69, 9.17) is 22.2 Å². The minimum Gasteiger partial charge on any atom is -0.477 e. The van der Waals surface area contributed by atoms with E-state index in [2.05, 4.69) is 10.6 Å². The van der Waals surface area contributed by atoms with E-state index in [1.165, 1.54) is 19.2 Å². The number of hydrogen-bond donors (Lipinski definition) is 2. The molecule has 182 valence electrons. The van der Waals surface area contributed by atoms with Crippen molar-refractivity contribution in [2.45, 2.75) is 31.7 Å². The number of ether oxygens (including phenoxy) is 1. The molecule has 2 N–H and O–H groups in total. The van der Waals surface area contributed by atoms with Gasteiger partial charge in [-0.1, -0.05) is 0 Å². The molecule has 0 aromatic heterocycles. The Labute approximate surface area is 204 Å². The fourth-order valence-electron chi connectivity index (χ4n) is 4.06. The number of nitrogens with one attached hydrogen (secondary N) is 2. The number of thiocarbonyl (C=S) groups is 1. The average Bonchev–Trinajstić information content (AvgIpc) is 3.00. The molecule has 4 rings (SSSR count). The largest absolute Gasteiger partial charge is 0.477 e. The molecule has 2 aromatic rings. The highest BCUT2D eigenvalue weighted by Gasteiger charge is 2.51. The molecule has 1 atom stereocenters. The number of benzene rings is 2. The number of carbonyl (C=O) groups is 2. The van der Waals surface area contributed by atoms with Gasteiger partial charge in [0.15, 0.2) is 11.2 Å². The van der Waals surface area contributed by atoms with Crippen molar-refractivity contribution in [2.24, 2.45) is 0 Å². The molecule has 2 aromatic carbocycles. The highest BCUT2D eigenvalue weighted by Crippen LogP contribution is 2.41. The molecule has 0 bridgehead atoms. The van der Waals surface area contributed by atoms with Gasteiger partial charge in [0.2, 0.25) is 0 Å². The molecule has 1 unspecified atom stereocenters. The fraction of sp³-hybridized carbons (Fsp3) is 0.304. The second kappa shape index (κ2) is 8.42. The van der Waals surface area contributed by atoms with E-state index in [0.29, 0.717) is 17.1 Å². The lowest BCUT2D eigenvalue weighted by molar-refractivity contribution is -0.137. The predicted octanol–water partition coefficient (Wildman–Crippen LogP) is 3.41. The molecule has 1 fully saturated rings. The highest BCUT2D eigenvalue weighted by molar-refractivity contribution is 7.81. The molecule has 1 saturated heterocycles. The van der Waals surface area contributed by atoms with Gasteiger partial charge in [-0.05, 0) is 62.5 Å². The van der Waals surface area contributed by atoms with Crippen LogP contribution in [-0.2, 0) is 15.8 Å². The van der Waals surface area contributed by atoms with Crippen molar-refractivity contribution in [3.8, 4) is 11.8 Å². The molecule has 0 aliphatic carbocycles. The number of rotatable bonds is 3. The second-order valence-electron chi connectivity index (χ2n) is 8.44. The van der Waals surface area contributed by atoms with Crippen LogP contribution in [-0.4, -0.2) is 42.2 Å². The first-order chi connectivity index (χ1) is 16.4. The maximum atomic E-state index is 13.5. The third kappa shape index (κ3) is 4.01. The SMILES string of the molecule is CNC(=O)C1CNc2cc(N3C(=S)N(c4ccc(C#N)c(C(F)(F)F)c4)C(=O)C3(C)C)ccc2O1. The molecule has 2 aliphatic heterocycles. The summed E-state index contributed by atoms with van der Waals surface area (Å²) in [6.07, 6.45) is -5.49. The number of hydrogen-bond acceptors (Lipinski definition) is 6. The van der Waals surface area contributed by atoms with E-state index >= 15 is 0 Å². The van der Waals surface area contributed by atoms with Crippen molar-refractivity contribution in [1.29, 1.82) is 5.26 Å². The van der Waals surface area contributed by atoms with Gasteiger partial charge in [0.1, 0.15) is 11.3 Å². The summed E-state index contributed by atoms with van der Waals surface area (Å²) in [5.41, 5.74) is -1.93. The normalized spacial score (nSPS) is 18.9. The van der Waals surface area contributed by atoms with Crippen molar-refractivity contribution in [1.82, 2.24) is 5.32 Å². The Bertz CT molecular complexity index is 1290. The third-order valence-electron chi connectivity index (χ3n) is 5.86. The van der Waals surface area contributed by atoms with Crippen LogP contribution < -0.4 is 25.2 Å². The number of halogens is 3. The lowest BCUT2D eigenvalue weighted by Crippen LogP contribution is -2.45. The van der Waals surface area contributed by atoms with Crippen LogP contribution in [0.1, 0.15) is 25.0 Å². The summed E-state index contributed by atoms with van der Waals surface area (Å²) in [6, 6.07) is 9.53. The van der Waals surface area contributed by atoms with E-state index < -0.39 is 34.9 Å². The van der Waals surface area contributed by atoms with Crippen LogP contribution in [0.15, 0.2) is 36.4 Å². The van der Waals surface area contributed by atoms with Crippen LogP contribution in [0.25, 0.3) is 0 Å². The Morgan fingerprint density at radius 2 is 1.94 bits per heavy atom. The van der Waals surface area contributed by atoms with Crippen LogP contribution >= 0.6 is 12.2 Å². The fourth-order valence-corrected chi connectivity index (χ4v) is 4.58. The molecular formula is C23H20F3N5O3S. The van der Waals surface area contributed by atoms with E-state index in [0.717, 1.165) is 17.0 Å². The quantitative estimate of drug-likeness (QED) is 0.620. The van der Waals surface area contributed by atoms with Crippen LogP contribution in [0.4, 0.5) is 30.2 Å². The Morgan fingerprint density at radius 1 is 1.26 bits per heavy atom. The Kier molecular flexibility index (Phi) is 5.84. The van der Waals surface area contributed by atoms with Crippen LogP contribution in [0, 0.1) is 11.3 Å². The molecule has 2 heterocycles. The molecule has 35 heavy (non-hydrogen) atoms. The van der Waals surface area contributed by atoms with Gasteiger partial charge in [0.25, 0.3) is 11.8 Å². The molecule has 2 amide bonds. The molecule has 2 aliphatic rings. The number of anilines is 3. The monoisotopic (exact) mass is 503 g/mol. The smallest absolute Gasteiger partial charge is 0.417 e. The van der Waals surface area contributed by atoms with Gasteiger partial charge in [0.05, 0.1) is 35.1 Å². The number of carbonyl (C=O) groups excluding carboxylic acids is 2. The van der Waals surface area contributed by atoms with Crippen LogP contribution in [0.5, 0.6) is 5.75 Å². The minimum absolute atomic E-state index is 0.0160. The molecule has 0 spiro atoms. The topological polar surface area (TPSA) is 97.7 Å². The maximum Gasteiger partial charge on any atom is 0.417 e. The summed E-state index contributed by atoms with van der Waals surface area (Å²) < 4.78 is 46.3. The van der Waals surface area contributed by atoms with E-state index in [1.807, 2.05) is 0 Å². The molecule has 8 nitrogen and oxygen atoms in total. The van der Waals surface area contributed by atoms with Crippen molar-refractivity contribution in [3.63, 3.8) is 0 Å². The van der Waals surface area contributed by atoms with Gasteiger partial charge in [-0.15, -0.1) is 0 Å². The van der Waals surface area contributed by atoms with Gasteiger partial charge < -0.3 is 20.3 Å². The molecule has 12 heteroatoms. The van der Waals surface area contributed by atoms with Crippen LogP contribution in [0.3, 0.4) is 0 Å². The predicted molar refractivity (Wildman–Crippen MR) is 126 cm³/mol. The third-order valence-corrected chi connectivity index (χ3v) is 6.23. The zero-order chi connectivity index (χ0) is 25.7. The van der Waals surface area contributed by atoms with Crippen molar-refractivity contribution < 1.29 is 27.5 Å². The van der Waals surface area contributed by atoms with Crippen molar-refractivity contribution in [2.75, 3.05) is 28.7 Å². The first-order valence-corrected chi connectivity index (χ1v) is 10.9. The average molecular weight is 504 g/mol. The summed E-state index contributed by atoms with van der Waals surface area (Å²) in [5.74, 6) is -0.375. The number of likely N-dealkylation sites (N-methyl/N-ethyl adjacent to an activating group) is 1. The summed E-state index contributed by atoms with van der Waals surface area (Å²) >= 11 is 5.55. The van der Waals surface area contributed by atoms with Gasteiger partial charge >= 0.3 is 6.18 Å². The van der Waals surface area contributed by atoms with E-state index in [1.54, 1.807) is 36.9 Å². The zero-order valence-electron chi connectivity index (χ0n) is 18.9. The summed E-state index contributed by atoms with van der Waals surface area (Å²) in [4.78, 5) is 27.8. The van der Waals surface area contributed by atoms with Crippen molar-refractivity contribution in [3.05, 3.63) is 47.5 Å². The molecule has 0 radical (unpaired) electrons. The number of amides is 2. The summed E-state index contributed by atoms with van der Waals surface area (Å²) in [6.45, 7) is 3.45. The highest BCUT2D eigenvalue weighted by atomic mass is 32.1. The second-order valence-corrected chi connectivity index (χ2v) is 8.80. The Balaban J connectivity index is 1.71. The Hall–Kier alpha value is -3.85. The van der Waals surface area contributed by atoms with E-state index in [9.17, 15) is 22.8 Å². The van der Waals surface area contributed by atoms with Crippen LogP contribution in [0.2, 0.25) is 0 Å². The molecule has 0 saturated carbocycles. The van der Waals surface area contributed by atoms with Gasteiger partial charge in [-0.25, -0.2) is 0 Å². The number of fused-ring (bicyclic) bond motifs is 1. The minimum atomic E-state index is -4.78. The van der Waals surface area contributed by atoms with Crippen molar-refractivity contribution >= 4 is 46.2 Å². The van der Waals surface area contributed by atoms with E-state index in [-0.39, 0.29) is 23.3 Å². The maximum absolute atomic E-state index is 13.5. The lowest BCUT2D eigenvalue weighted by atomic mass is 10.0. The molecular weight excluding hydrogens is 483 g/mol. The number of nitriles is 1.